The number of carbonyl (C=O) groups is 2. The summed E-state index contributed by atoms with van der Waals surface area (Å²) >= 11 is 0. The molecule has 3 rings (SSSR count). The van der Waals surface area contributed by atoms with Crippen LogP contribution in [-0.4, -0.2) is 47.5 Å². The Hall–Kier alpha value is -2.16. The van der Waals surface area contributed by atoms with Crippen LogP contribution in [0, 0.1) is 0 Å². The van der Waals surface area contributed by atoms with Crippen LogP contribution in [0.4, 0.5) is 4.79 Å². The number of ether oxygens (including phenoxy) is 4. The van der Waals surface area contributed by atoms with Gasteiger partial charge in [0.25, 0.3) is 0 Å². The lowest BCUT2D eigenvalue weighted by molar-refractivity contribution is -0.211. The molecule has 1 amide bonds. The molecule has 8 nitrogen and oxygen atoms in total. The van der Waals surface area contributed by atoms with Crippen LogP contribution in [0.25, 0.3) is 0 Å². The number of amides is 1. The quantitative estimate of drug-likeness (QED) is 0.852. The molecule has 1 aromatic carbocycles. The summed E-state index contributed by atoms with van der Waals surface area (Å²) in [5, 5.41) is 11.8. The lowest BCUT2D eigenvalue weighted by Crippen LogP contribution is -2.50. The summed E-state index contributed by atoms with van der Waals surface area (Å²) in [5.41, 5.74) is 0.824. The maximum Gasteiger partial charge on any atom is 0.407 e. The molecule has 2 aliphatic rings. The van der Waals surface area contributed by atoms with Crippen LogP contribution < -0.4 is 5.32 Å². The number of carbonyl (C=O) groups excluding carboxylic acids is 1. The first-order valence-corrected chi connectivity index (χ1v) is 7.57. The number of nitrogens with one attached hydrogen (secondary N) is 1. The molecule has 0 saturated carbocycles. The highest BCUT2D eigenvalue weighted by molar-refractivity contribution is 5.76. The van der Waals surface area contributed by atoms with Crippen LogP contribution in [0.5, 0.6) is 0 Å². The topological polar surface area (TPSA) is 103 Å². The summed E-state index contributed by atoms with van der Waals surface area (Å²) in [6.07, 6.45) is -3.57. The van der Waals surface area contributed by atoms with Gasteiger partial charge in [-0.05, 0) is 19.4 Å². The number of hydrogen-bond donors (Lipinski definition) is 2. The van der Waals surface area contributed by atoms with E-state index in [1.807, 2.05) is 30.3 Å². The maximum atomic E-state index is 12.0. The van der Waals surface area contributed by atoms with Gasteiger partial charge in [0.2, 0.25) is 0 Å². The SMILES string of the molecule is CC1(C)OC2OC(C(=O)O)C(NC(=O)OCc3ccccc3)C2O1. The van der Waals surface area contributed by atoms with E-state index in [-0.39, 0.29) is 6.61 Å². The van der Waals surface area contributed by atoms with E-state index in [9.17, 15) is 14.7 Å². The summed E-state index contributed by atoms with van der Waals surface area (Å²) < 4.78 is 21.6. The number of fused-ring (bicyclic) bond motifs is 1. The number of aliphatic carboxylic acids is 1. The van der Waals surface area contributed by atoms with E-state index in [2.05, 4.69) is 5.32 Å². The minimum atomic E-state index is -1.26. The Morgan fingerprint density at radius 2 is 1.96 bits per heavy atom. The van der Waals surface area contributed by atoms with Crippen molar-refractivity contribution in [1.29, 1.82) is 0 Å². The third-order valence-corrected chi connectivity index (χ3v) is 3.79. The summed E-state index contributed by atoms with van der Waals surface area (Å²) in [4.78, 5) is 23.3. The van der Waals surface area contributed by atoms with Gasteiger partial charge >= 0.3 is 12.1 Å². The third kappa shape index (κ3) is 3.50. The molecule has 0 radical (unpaired) electrons. The van der Waals surface area contributed by atoms with Crippen LogP contribution in [0.1, 0.15) is 19.4 Å². The van der Waals surface area contributed by atoms with Crippen LogP contribution in [0.2, 0.25) is 0 Å². The lowest BCUT2D eigenvalue weighted by Gasteiger charge is -2.24. The number of benzene rings is 1. The average Bonchev–Trinajstić information content (AvgIpc) is 2.99. The fourth-order valence-corrected chi connectivity index (χ4v) is 2.78. The van der Waals surface area contributed by atoms with Crippen molar-refractivity contribution in [2.75, 3.05) is 0 Å². The molecule has 4 atom stereocenters. The number of carboxylic acid groups (broad SMARTS) is 1. The molecule has 2 aliphatic heterocycles. The Morgan fingerprint density at radius 3 is 2.62 bits per heavy atom. The number of carboxylic acids is 1. The van der Waals surface area contributed by atoms with Gasteiger partial charge in [0, 0.05) is 0 Å². The van der Waals surface area contributed by atoms with Crippen molar-refractivity contribution in [2.45, 2.75) is 50.8 Å². The number of hydrogen-bond acceptors (Lipinski definition) is 6. The van der Waals surface area contributed by atoms with E-state index in [1.165, 1.54) is 0 Å². The van der Waals surface area contributed by atoms with Crippen molar-refractivity contribution in [3.8, 4) is 0 Å². The maximum absolute atomic E-state index is 12.0. The molecule has 2 heterocycles. The molecule has 2 fully saturated rings. The van der Waals surface area contributed by atoms with Crippen LogP contribution in [0.3, 0.4) is 0 Å². The zero-order valence-corrected chi connectivity index (χ0v) is 13.3. The molecule has 0 spiro atoms. The van der Waals surface area contributed by atoms with Gasteiger partial charge in [0.05, 0.1) is 0 Å². The van der Waals surface area contributed by atoms with Crippen LogP contribution in [0.15, 0.2) is 30.3 Å². The van der Waals surface area contributed by atoms with Crippen LogP contribution in [-0.2, 0) is 30.3 Å². The fourth-order valence-electron chi connectivity index (χ4n) is 2.78. The fraction of sp³-hybridized carbons (Fsp3) is 0.500. The van der Waals surface area contributed by atoms with Gasteiger partial charge in [0.1, 0.15) is 18.8 Å². The molecular weight excluding hydrogens is 318 g/mol. The monoisotopic (exact) mass is 337 g/mol. The summed E-state index contributed by atoms with van der Waals surface area (Å²) in [6.45, 7) is 3.46. The average molecular weight is 337 g/mol. The minimum absolute atomic E-state index is 0.0783. The highest BCUT2D eigenvalue weighted by Crippen LogP contribution is 2.37. The molecule has 0 aliphatic carbocycles. The Bertz CT molecular complexity index is 618. The Kier molecular flexibility index (Phi) is 4.44. The normalized spacial score (nSPS) is 30.6. The Morgan fingerprint density at radius 1 is 1.25 bits per heavy atom. The van der Waals surface area contributed by atoms with Gasteiger partial charge in [-0.15, -0.1) is 0 Å². The Balaban J connectivity index is 1.62. The molecule has 2 N–H and O–H groups in total. The summed E-state index contributed by atoms with van der Waals surface area (Å²) in [7, 11) is 0. The van der Waals surface area contributed by atoms with Gasteiger partial charge < -0.3 is 29.4 Å². The van der Waals surface area contributed by atoms with E-state index < -0.39 is 42.4 Å². The highest BCUT2D eigenvalue weighted by atomic mass is 16.8. The first kappa shape index (κ1) is 16.7. The first-order chi connectivity index (χ1) is 11.4. The van der Waals surface area contributed by atoms with Crippen molar-refractivity contribution < 1.29 is 33.6 Å². The zero-order valence-electron chi connectivity index (χ0n) is 13.3. The summed E-state index contributed by atoms with van der Waals surface area (Å²) in [5.74, 6) is -2.12. The molecule has 8 heteroatoms. The molecule has 4 unspecified atom stereocenters. The molecule has 24 heavy (non-hydrogen) atoms. The molecule has 1 aromatic rings. The molecule has 0 aromatic heterocycles. The van der Waals surface area contributed by atoms with Gasteiger partial charge in [-0.3, -0.25) is 0 Å². The second-order valence-electron chi connectivity index (χ2n) is 6.10. The number of rotatable bonds is 4. The first-order valence-electron chi connectivity index (χ1n) is 7.57. The second kappa shape index (κ2) is 6.39. The highest BCUT2D eigenvalue weighted by Gasteiger charge is 2.57. The van der Waals surface area contributed by atoms with Crippen molar-refractivity contribution in [1.82, 2.24) is 5.32 Å². The van der Waals surface area contributed by atoms with E-state index in [4.69, 9.17) is 18.9 Å². The van der Waals surface area contributed by atoms with Gasteiger partial charge in [-0.1, -0.05) is 30.3 Å². The Labute approximate surface area is 138 Å². The lowest BCUT2D eigenvalue weighted by atomic mass is 10.1. The predicted octanol–water partition coefficient (Wildman–Crippen LogP) is 1.24. The largest absolute Gasteiger partial charge is 0.479 e. The zero-order chi connectivity index (χ0) is 17.3. The smallest absolute Gasteiger partial charge is 0.407 e. The predicted molar refractivity (Wildman–Crippen MR) is 79.9 cm³/mol. The molecule has 0 bridgehead atoms. The van der Waals surface area contributed by atoms with Crippen molar-refractivity contribution in [3.63, 3.8) is 0 Å². The van der Waals surface area contributed by atoms with E-state index in [0.717, 1.165) is 5.56 Å². The van der Waals surface area contributed by atoms with Gasteiger partial charge in [-0.25, -0.2) is 9.59 Å². The minimum Gasteiger partial charge on any atom is -0.479 e. The van der Waals surface area contributed by atoms with E-state index in [0.29, 0.717) is 0 Å². The van der Waals surface area contributed by atoms with E-state index >= 15 is 0 Å². The van der Waals surface area contributed by atoms with E-state index in [1.54, 1.807) is 13.8 Å². The standard InChI is InChI=1S/C16H19NO7/c1-16(2)23-12-10(11(13(18)19)22-14(12)24-16)17-15(20)21-8-9-6-4-3-5-7-9/h3-7,10-12,14H,8H2,1-2H3,(H,17,20)(H,18,19). The number of alkyl carbamates (subject to hydrolysis) is 1. The molecule has 2 saturated heterocycles. The van der Waals surface area contributed by atoms with Gasteiger partial charge in [0.15, 0.2) is 18.2 Å². The second-order valence-corrected chi connectivity index (χ2v) is 6.10. The van der Waals surface area contributed by atoms with Crippen LogP contribution >= 0.6 is 0 Å². The third-order valence-electron chi connectivity index (χ3n) is 3.79. The van der Waals surface area contributed by atoms with Crippen molar-refractivity contribution in [3.05, 3.63) is 35.9 Å². The van der Waals surface area contributed by atoms with Gasteiger partial charge in [-0.2, -0.15) is 0 Å². The van der Waals surface area contributed by atoms with Crippen molar-refractivity contribution >= 4 is 12.1 Å². The molecule has 130 valence electrons. The van der Waals surface area contributed by atoms with Crippen molar-refractivity contribution in [2.24, 2.45) is 0 Å². The molecular formula is C16H19NO7. The summed E-state index contributed by atoms with van der Waals surface area (Å²) in [6, 6.07) is 8.25.